The van der Waals surface area contributed by atoms with Gasteiger partial charge in [0.2, 0.25) is 5.91 Å². The van der Waals surface area contributed by atoms with Crippen LogP contribution in [0.25, 0.3) is 0 Å². The first-order chi connectivity index (χ1) is 7.08. The van der Waals surface area contributed by atoms with Crippen molar-refractivity contribution in [2.24, 2.45) is 5.73 Å². The predicted octanol–water partition coefficient (Wildman–Crippen LogP) is -0.0628. The Morgan fingerprint density at radius 2 is 2.00 bits per heavy atom. The largest absolute Gasteiger partial charge is 0.469 e. The van der Waals surface area contributed by atoms with Crippen molar-refractivity contribution in [1.82, 2.24) is 5.32 Å². The van der Waals surface area contributed by atoms with E-state index in [4.69, 9.17) is 5.73 Å². The Balaban J connectivity index is 2.26. The number of esters is 1. The number of amides is 1. The quantitative estimate of drug-likeness (QED) is 0.642. The summed E-state index contributed by atoms with van der Waals surface area (Å²) in [7, 11) is 1.32. The molecule has 0 atom stereocenters. The van der Waals surface area contributed by atoms with E-state index in [1.807, 2.05) is 0 Å². The second kappa shape index (κ2) is 5.11. The van der Waals surface area contributed by atoms with Crippen LogP contribution in [0.2, 0.25) is 0 Å². The molecule has 15 heavy (non-hydrogen) atoms. The highest BCUT2D eigenvalue weighted by Gasteiger charge is 2.36. The molecule has 5 nitrogen and oxygen atoms in total. The molecule has 0 spiro atoms. The Kier molecular flexibility index (Phi) is 4.08. The zero-order valence-electron chi connectivity index (χ0n) is 9.04. The lowest BCUT2D eigenvalue weighted by Crippen LogP contribution is -2.52. The molecule has 0 aromatic heterocycles. The van der Waals surface area contributed by atoms with Gasteiger partial charge in [0, 0.05) is 6.54 Å². The molecule has 0 bridgehead atoms. The van der Waals surface area contributed by atoms with Crippen molar-refractivity contribution < 1.29 is 14.3 Å². The average molecular weight is 214 g/mol. The standard InChI is InChI=1S/C10H18N2O3/c1-15-8(13)4-7-12-9(14)10(11)5-2-3-6-10/h2-7,11H2,1H3,(H,12,14). The van der Waals surface area contributed by atoms with Gasteiger partial charge in [-0.1, -0.05) is 12.8 Å². The minimum absolute atomic E-state index is 0.149. The minimum Gasteiger partial charge on any atom is -0.469 e. The number of nitrogens with two attached hydrogens (primary N) is 1. The minimum atomic E-state index is -0.712. The molecular weight excluding hydrogens is 196 g/mol. The lowest BCUT2D eigenvalue weighted by molar-refractivity contribution is -0.140. The Morgan fingerprint density at radius 1 is 1.40 bits per heavy atom. The second-order valence-corrected chi connectivity index (χ2v) is 3.95. The number of ether oxygens (including phenoxy) is 1. The van der Waals surface area contributed by atoms with Crippen LogP contribution in [0.4, 0.5) is 0 Å². The van der Waals surface area contributed by atoms with Crippen LogP contribution < -0.4 is 11.1 Å². The summed E-state index contributed by atoms with van der Waals surface area (Å²) in [5, 5.41) is 2.67. The van der Waals surface area contributed by atoms with Crippen LogP contribution in [-0.2, 0) is 14.3 Å². The maximum absolute atomic E-state index is 11.6. The Morgan fingerprint density at radius 3 is 2.53 bits per heavy atom. The van der Waals surface area contributed by atoms with Crippen molar-refractivity contribution in [3.63, 3.8) is 0 Å². The first-order valence-electron chi connectivity index (χ1n) is 5.22. The van der Waals surface area contributed by atoms with Crippen LogP contribution >= 0.6 is 0 Å². The molecule has 0 saturated heterocycles. The third-order valence-corrected chi connectivity index (χ3v) is 2.79. The van der Waals surface area contributed by atoms with Crippen LogP contribution in [0, 0.1) is 0 Å². The van der Waals surface area contributed by atoms with E-state index in [1.54, 1.807) is 0 Å². The molecule has 3 N–H and O–H groups in total. The van der Waals surface area contributed by atoms with Crippen LogP contribution in [0.15, 0.2) is 0 Å². The van der Waals surface area contributed by atoms with Crippen molar-refractivity contribution in [2.45, 2.75) is 37.6 Å². The lowest BCUT2D eigenvalue weighted by atomic mass is 9.98. The van der Waals surface area contributed by atoms with E-state index in [0.717, 1.165) is 25.7 Å². The topological polar surface area (TPSA) is 81.4 Å². The number of carbonyl (C=O) groups excluding carboxylic acids is 2. The molecule has 1 aliphatic rings. The van der Waals surface area contributed by atoms with E-state index >= 15 is 0 Å². The van der Waals surface area contributed by atoms with Gasteiger partial charge in [0.25, 0.3) is 0 Å². The van der Waals surface area contributed by atoms with Crippen LogP contribution in [0.5, 0.6) is 0 Å². The molecule has 0 aromatic rings. The van der Waals surface area contributed by atoms with Gasteiger partial charge in [0.15, 0.2) is 0 Å². The third-order valence-electron chi connectivity index (χ3n) is 2.79. The molecule has 0 heterocycles. The summed E-state index contributed by atoms with van der Waals surface area (Å²) in [6.07, 6.45) is 3.66. The predicted molar refractivity (Wildman–Crippen MR) is 55.0 cm³/mol. The molecule has 1 aliphatic carbocycles. The SMILES string of the molecule is COC(=O)CCNC(=O)C1(N)CCCC1. The van der Waals surface area contributed by atoms with E-state index in [9.17, 15) is 9.59 Å². The smallest absolute Gasteiger partial charge is 0.307 e. The van der Waals surface area contributed by atoms with Crippen molar-refractivity contribution in [3.8, 4) is 0 Å². The second-order valence-electron chi connectivity index (χ2n) is 3.95. The highest BCUT2D eigenvalue weighted by Crippen LogP contribution is 2.27. The fourth-order valence-electron chi connectivity index (χ4n) is 1.79. The third kappa shape index (κ3) is 3.20. The van der Waals surface area contributed by atoms with E-state index in [-0.39, 0.29) is 18.3 Å². The lowest BCUT2D eigenvalue weighted by Gasteiger charge is -2.21. The summed E-state index contributed by atoms with van der Waals surface area (Å²) in [4.78, 5) is 22.4. The maximum atomic E-state index is 11.6. The highest BCUT2D eigenvalue weighted by molar-refractivity contribution is 5.86. The summed E-state index contributed by atoms with van der Waals surface area (Å²) in [5.41, 5.74) is 5.21. The molecule has 1 amide bonds. The molecular formula is C10H18N2O3. The van der Waals surface area contributed by atoms with Gasteiger partial charge in [0.1, 0.15) is 0 Å². The number of rotatable bonds is 4. The van der Waals surface area contributed by atoms with Crippen molar-refractivity contribution >= 4 is 11.9 Å². The summed E-state index contributed by atoms with van der Waals surface area (Å²) in [5.74, 6) is -0.475. The average Bonchev–Trinajstić information content (AvgIpc) is 2.66. The van der Waals surface area contributed by atoms with Gasteiger partial charge < -0.3 is 15.8 Å². The molecule has 1 rings (SSSR count). The van der Waals surface area contributed by atoms with Gasteiger partial charge >= 0.3 is 5.97 Å². The molecule has 0 unspecified atom stereocenters. The van der Waals surface area contributed by atoms with E-state index in [2.05, 4.69) is 10.1 Å². The maximum Gasteiger partial charge on any atom is 0.307 e. The first-order valence-corrected chi connectivity index (χ1v) is 5.22. The van der Waals surface area contributed by atoms with Crippen LogP contribution in [-0.4, -0.2) is 31.1 Å². The Bertz CT molecular complexity index is 247. The summed E-state index contributed by atoms with van der Waals surface area (Å²) >= 11 is 0. The number of hydrogen-bond donors (Lipinski definition) is 2. The Labute approximate surface area is 89.3 Å². The summed E-state index contributed by atoms with van der Waals surface area (Å²) < 4.78 is 4.46. The van der Waals surface area contributed by atoms with Crippen molar-refractivity contribution in [3.05, 3.63) is 0 Å². The van der Waals surface area contributed by atoms with Crippen LogP contribution in [0.1, 0.15) is 32.1 Å². The zero-order valence-corrected chi connectivity index (χ0v) is 9.04. The first kappa shape index (κ1) is 12.0. The van der Waals surface area contributed by atoms with E-state index in [0.29, 0.717) is 6.54 Å². The van der Waals surface area contributed by atoms with E-state index < -0.39 is 5.54 Å². The number of nitrogens with one attached hydrogen (secondary N) is 1. The Hall–Kier alpha value is -1.10. The van der Waals surface area contributed by atoms with Gasteiger partial charge in [-0.3, -0.25) is 9.59 Å². The van der Waals surface area contributed by atoms with Crippen LogP contribution in [0.3, 0.4) is 0 Å². The molecule has 1 fully saturated rings. The van der Waals surface area contributed by atoms with E-state index in [1.165, 1.54) is 7.11 Å². The molecule has 0 aliphatic heterocycles. The summed E-state index contributed by atoms with van der Waals surface area (Å²) in [6, 6.07) is 0. The molecule has 86 valence electrons. The zero-order chi connectivity index (χ0) is 11.3. The molecule has 0 radical (unpaired) electrons. The molecule has 5 heteroatoms. The fourth-order valence-corrected chi connectivity index (χ4v) is 1.79. The summed E-state index contributed by atoms with van der Waals surface area (Å²) in [6.45, 7) is 0.296. The van der Waals surface area contributed by atoms with Gasteiger partial charge in [-0.2, -0.15) is 0 Å². The molecule has 0 aromatic carbocycles. The van der Waals surface area contributed by atoms with Crippen molar-refractivity contribution in [1.29, 1.82) is 0 Å². The van der Waals surface area contributed by atoms with Gasteiger partial charge in [-0.05, 0) is 12.8 Å². The molecule has 1 saturated carbocycles. The number of hydrogen-bond acceptors (Lipinski definition) is 4. The fraction of sp³-hybridized carbons (Fsp3) is 0.800. The van der Waals surface area contributed by atoms with Gasteiger partial charge in [-0.25, -0.2) is 0 Å². The highest BCUT2D eigenvalue weighted by atomic mass is 16.5. The number of carbonyl (C=O) groups is 2. The van der Waals surface area contributed by atoms with Gasteiger partial charge in [0.05, 0.1) is 19.1 Å². The number of methoxy groups -OCH3 is 1. The van der Waals surface area contributed by atoms with Gasteiger partial charge in [-0.15, -0.1) is 0 Å². The van der Waals surface area contributed by atoms with Crippen molar-refractivity contribution in [2.75, 3.05) is 13.7 Å². The monoisotopic (exact) mass is 214 g/mol. The normalized spacial score (nSPS) is 18.5.